The Labute approximate surface area is 181 Å². The normalized spacial score (nSPS) is 10.8. The molecule has 0 aliphatic heterocycles. The van der Waals surface area contributed by atoms with Gasteiger partial charge in [0, 0.05) is 29.5 Å². The minimum Gasteiger partial charge on any atom is -0.493 e. The van der Waals surface area contributed by atoms with Crippen molar-refractivity contribution < 1.29 is 27.8 Å². The molecule has 1 aromatic heterocycles. The van der Waals surface area contributed by atoms with Crippen molar-refractivity contribution in [1.29, 1.82) is 0 Å². The number of hydrogen-bond acceptors (Lipinski definition) is 6. The maximum atomic E-state index is 12.7. The first kappa shape index (κ1) is 24.3. The molecule has 0 fully saturated rings. The van der Waals surface area contributed by atoms with Crippen LogP contribution >= 0.6 is 11.3 Å². The summed E-state index contributed by atoms with van der Waals surface area (Å²) in [6.45, 7) is 2.29. The lowest BCUT2D eigenvalue weighted by molar-refractivity contribution is -0.137. The molecule has 0 radical (unpaired) electrons. The molecule has 0 atom stereocenters. The molecule has 0 saturated carbocycles. The summed E-state index contributed by atoms with van der Waals surface area (Å²) in [4.78, 5) is 16.9. The van der Waals surface area contributed by atoms with Crippen LogP contribution in [-0.2, 0) is 12.6 Å². The van der Waals surface area contributed by atoms with E-state index in [2.05, 4.69) is 10.4 Å². The second-order valence-electron chi connectivity index (χ2n) is 6.19. The summed E-state index contributed by atoms with van der Waals surface area (Å²) in [5.41, 5.74) is 3.28. The highest BCUT2D eigenvalue weighted by Gasteiger charge is 2.30. The predicted octanol–water partition coefficient (Wildman–Crippen LogP) is 3.97. The lowest BCUT2D eigenvalue weighted by Gasteiger charge is -2.07. The number of nitrogens with one attached hydrogen (secondary N) is 1. The van der Waals surface area contributed by atoms with E-state index in [1.807, 2.05) is 6.92 Å². The first-order valence-corrected chi connectivity index (χ1v) is 9.92. The summed E-state index contributed by atoms with van der Waals surface area (Å²) in [7, 11) is 1.00. The zero-order valence-electron chi connectivity index (χ0n) is 16.9. The van der Waals surface area contributed by atoms with Crippen molar-refractivity contribution >= 4 is 17.2 Å². The van der Waals surface area contributed by atoms with Crippen LogP contribution in [0.4, 0.5) is 13.2 Å². The summed E-state index contributed by atoms with van der Waals surface area (Å²) >= 11 is 1.43. The number of carbonyl (C=O) groups is 1. The molecular formula is C21H22F3N3O3S. The Kier molecular flexibility index (Phi) is 8.55. The van der Waals surface area contributed by atoms with Gasteiger partial charge in [0.25, 0.3) is 5.91 Å². The molecule has 1 amide bonds. The van der Waals surface area contributed by atoms with Gasteiger partial charge in [-0.1, -0.05) is 12.1 Å². The van der Waals surface area contributed by atoms with E-state index in [0.717, 1.165) is 29.8 Å². The zero-order chi connectivity index (χ0) is 23.0. The number of halogens is 3. The molecule has 3 rings (SSSR count). The van der Waals surface area contributed by atoms with Gasteiger partial charge < -0.3 is 9.84 Å². The molecule has 3 aromatic rings. The molecule has 2 aromatic carbocycles. The fraction of sp³-hybridized carbons (Fsp3) is 0.238. The third kappa shape index (κ3) is 6.51. The summed E-state index contributed by atoms with van der Waals surface area (Å²) in [5, 5.41) is 7.67. The molecule has 0 bridgehead atoms. The summed E-state index contributed by atoms with van der Waals surface area (Å²) in [6.07, 6.45) is -3.81. The number of alkyl halides is 3. The molecule has 0 aliphatic carbocycles. The molecule has 4 N–H and O–H groups in total. The number of aromatic nitrogens is 1. The molecule has 0 aliphatic rings. The van der Waals surface area contributed by atoms with E-state index in [9.17, 15) is 18.0 Å². The van der Waals surface area contributed by atoms with Crippen molar-refractivity contribution in [3.05, 3.63) is 70.2 Å². The number of aliphatic hydroxyl groups is 1. The number of benzene rings is 2. The molecule has 0 spiro atoms. The van der Waals surface area contributed by atoms with E-state index in [0.29, 0.717) is 34.9 Å². The fourth-order valence-corrected chi connectivity index (χ4v) is 3.60. The fourth-order valence-electron chi connectivity index (χ4n) is 2.64. The second kappa shape index (κ2) is 10.9. The number of aliphatic hydroxyl groups excluding tert-OH is 1. The average molecular weight is 453 g/mol. The van der Waals surface area contributed by atoms with E-state index in [1.165, 1.54) is 23.5 Å². The van der Waals surface area contributed by atoms with Gasteiger partial charge in [-0.2, -0.15) is 13.2 Å². The van der Waals surface area contributed by atoms with Crippen LogP contribution in [0.15, 0.2) is 48.5 Å². The number of nitrogens with zero attached hydrogens (tertiary/aromatic N) is 1. The van der Waals surface area contributed by atoms with E-state index >= 15 is 0 Å². The van der Waals surface area contributed by atoms with Crippen molar-refractivity contribution in [3.63, 3.8) is 0 Å². The van der Waals surface area contributed by atoms with Gasteiger partial charge >= 0.3 is 6.18 Å². The van der Waals surface area contributed by atoms with Gasteiger partial charge in [0.15, 0.2) is 0 Å². The quantitative estimate of drug-likeness (QED) is 0.298. The van der Waals surface area contributed by atoms with Crippen molar-refractivity contribution in [2.75, 3.05) is 13.7 Å². The number of aryl methyl sites for hydroxylation is 1. The topological polar surface area (TPSA) is 97.5 Å². The first-order valence-electron chi connectivity index (χ1n) is 9.10. The third-order valence-electron chi connectivity index (χ3n) is 4.21. The highest BCUT2D eigenvalue weighted by Crippen LogP contribution is 2.33. The number of thiazole rings is 1. The number of carbonyl (C=O) groups excluding carboxylic acids is 1. The van der Waals surface area contributed by atoms with Crippen molar-refractivity contribution in [2.24, 2.45) is 5.84 Å². The second-order valence-corrected chi connectivity index (χ2v) is 7.40. The monoisotopic (exact) mass is 453 g/mol. The third-order valence-corrected chi connectivity index (χ3v) is 5.27. The number of hydrogen-bond donors (Lipinski definition) is 3. The molecule has 10 heteroatoms. The van der Waals surface area contributed by atoms with Crippen LogP contribution in [0.3, 0.4) is 0 Å². The summed E-state index contributed by atoms with van der Waals surface area (Å²) in [6, 6.07) is 11.5. The lowest BCUT2D eigenvalue weighted by atomic mass is 10.1. The Morgan fingerprint density at radius 2 is 1.74 bits per heavy atom. The first-order chi connectivity index (χ1) is 14.8. The highest BCUT2D eigenvalue weighted by atomic mass is 32.1. The Morgan fingerprint density at radius 3 is 2.29 bits per heavy atom. The Balaban J connectivity index is 0.00000166. The number of nitrogen functional groups attached to an aromatic ring is 1. The van der Waals surface area contributed by atoms with Gasteiger partial charge in [0.2, 0.25) is 0 Å². The van der Waals surface area contributed by atoms with Gasteiger partial charge in [-0.25, -0.2) is 10.8 Å². The smallest absolute Gasteiger partial charge is 0.416 e. The molecule has 166 valence electrons. The van der Waals surface area contributed by atoms with Crippen LogP contribution in [0, 0.1) is 6.92 Å². The van der Waals surface area contributed by atoms with Crippen LogP contribution in [-0.4, -0.2) is 29.7 Å². The average Bonchev–Trinajstić information content (AvgIpc) is 3.15. The Bertz CT molecular complexity index is 988. The maximum absolute atomic E-state index is 12.7. The van der Waals surface area contributed by atoms with E-state index < -0.39 is 11.7 Å². The maximum Gasteiger partial charge on any atom is 0.416 e. The van der Waals surface area contributed by atoms with Crippen LogP contribution in [0.1, 0.15) is 26.5 Å². The van der Waals surface area contributed by atoms with Crippen molar-refractivity contribution in [3.8, 4) is 16.3 Å². The van der Waals surface area contributed by atoms with E-state index in [-0.39, 0.29) is 5.91 Å². The summed E-state index contributed by atoms with van der Waals surface area (Å²) in [5.74, 6) is 5.31. The number of rotatable bonds is 6. The van der Waals surface area contributed by atoms with Gasteiger partial charge in [0.05, 0.1) is 17.9 Å². The molecule has 0 saturated heterocycles. The largest absolute Gasteiger partial charge is 0.493 e. The Hall–Kier alpha value is -2.95. The number of hydrazine groups is 1. The van der Waals surface area contributed by atoms with Crippen LogP contribution in [0.25, 0.3) is 10.6 Å². The standard InChI is InChI=1S/C20H18F3N3O2S.CH4O/c1-12-17(10-11-28-16-8-4-13(5-9-16)18(27)26-24)25-19(29-12)14-2-6-15(7-3-14)20(21,22)23;1-2/h2-9H,10-11,24H2,1H3,(H,26,27);2H,1H3. The molecule has 1 heterocycles. The van der Waals surface area contributed by atoms with Crippen LogP contribution in [0.2, 0.25) is 0 Å². The van der Waals surface area contributed by atoms with E-state index in [4.69, 9.17) is 15.7 Å². The minimum atomic E-state index is -4.36. The molecule has 31 heavy (non-hydrogen) atoms. The van der Waals surface area contributed by atoms with Crippen LogP contribution < -0.4 is 16.0 Å². The Morgan fingerprint density at radius 1 is 1.13 bits per heavy atom. The number of nitrogens with two attached hydrogens (primary N) is 1. The van der Waals surface area contributed by atoms with Crippen LogP contribution in [0.5, 0.6) is 5.75 Å². The zero-order valence-corrected chi connectivity index (χ0v) is 17.7. The van der Waals surface area contributed by atoms with Gasteiger partial charge in [-0.15, -0.1) is 11.3 Å². The minimum absolute atomic E-state index is 0.374. The lowest BCUT2D eigenvalue weighted by Crippen LogP contribution is -2.29. The number of ether oxygens (including phenoxy) is 1. The summed E-state index contributed by atoms with van der Waals surface area (Å²) < 4.78 is 43.8. The van der Waals surface area contributed by atoms with Gasteiger partial charge in [-0.3, -0.25) is 10.2 Å². The van der Waals surface area contributed by atoms with Crippen molar-refractivity contribution in [2.45, 2.75) is 19.5 Å². The van der Waals surface area contributed by atoms with Crippen molar-refractivity contribution in [1.82, 2.24) is 10.4 Å². The molecular weight excluding hydrogens is 431 g/mol. The highest BCUT2D eigenvalue weighted by molar-refractivity contribution is 7.15. The van der Waals surface area contributed by atoms with Gasteiger partial charge in [-0.05, 0) is 43.3 Å². The van der Waals surface area contributed by atoms with E-state index in [1.54, 1.807) is 24.3 Å². The molecule has 6 nitrogen and oxygen atoms in total. The van der Waals surface area contributed by atoms with Gasteiger partial charge in [0.1, 0.15) is 10.8 Å². The molecule has 0 unspecified atom stereocenters. The number of amides is 1. The SMILES string of the molecule is CO.Cc1sc(-c2ccc(C(F)(F)F)cc2)nc1CCOc1ccc(C(=O)NN)cc1. The predicted molar refractivity (Wildman–Crippen MR) is 113 cm³/mol.